The van der Waals surface area contributed by atoms with Gasteiger partial charge in [-0.3, -0.25) is 9.78 Å². The summed E-state index contributed by atoms with van der Waals surface area (Å²) in [5.74, 6) is 0.280. The second-order valence-electron chi connectivity index (χ2n) is 5.83. The van der Waals surface area contributed by atoms with E-state index in [9.17, 15) is 4.79 Å². The van der Waals surface area contributed by atoms with Gasteiger partial charge in [-0.1, -0.05) is 19.9 Å². The van der Waals surface area contributed by atoms with Crippen LogP contribution in [0, 0.1) is 0 Å². The van der Waals surface area contributed by atoms with Crippen molar-refractivity contribution >= 4 is 5.91 Å². The summed E-state index contributed by atoms with van der Waals surface area (Å²) in [6.45, 7) is 5.87. The molecule has 0 aliphatic heterocycles. The SMILES string of the molecule is CC(C)NCCCC(=O)N(Cc1cccnc1)C1CC1. The van der Waals surface area contributed by atoms with Crippen molar-refractivity contribution in [1.29, 1.82) is 0 Å². The van der Waals surface area contributed by atoms with Crippen molar-refractivity contribution in [3.8, 4) is 0 Å². The van der Waals surface area contributed by atoms with Gasteiger partial charge in [0, 0.05) is 37.4 Å². The number of hydrogen-bond donors (Lipinski definition) is 1. The van der Waals surface area contributed by atoms with E-state index in [1.165, 1.54) is 0 Å². The molecule has 1 N–H and O–H groups in total. The third-order valence-electron chi connectivity index (χ3n) is 3.50. The highest BCUT2D eigenvalue weighted by molar-refractivity contribution is 5.76. The topological polar surface area (TPSA) is 45.2 Å². The summed E-state index contributed by atoms with van der Waals surface area (Å²) in [4.78, 5) is 18.5. The fourth-order valence-electron chi connectivity index (χ4n) is 2.27. The van der Waals surface area contributed by atoms with Crippen molar-refractivity contribution in [3.63, 3.8) is 0 Å². The van der Waals surface area contributed by atoms with Gasteiger partial charge < -0.3 is 10.2 Å². The maximum absolute atomic E-state index is 12.4. The van der Waals surface area contributed by atoms with E-state index in [4.69, 9.17) is 0 Å². The molecule has 1 saturated carbocycles. The Bertz CT molecular complexity index is 415. The third kappa shape index (κ3) is 4.93. The minimum absolute atomic E-state index is 0.280. The Balaban J connectivity index is 1.81. The highest BCUT2D eigenvalue weighted by atomic mass is 16.2. The van der Waals surface area contributed by atoms with Crippen LogP contribution in [0.5, 0.6) is 0 Å². The van der Waals surface area contributed by atoms with Gasteiger partial charge in [-0.15, -0.1) is 0 Å². The molecule has 4 heteroatoms. The molecule has 0 aromatic carbocycles. The Kier molecular flexibility index (Phi) is 5.53. The standard InChI is InChI=1S/C16H25N3O/c1-13(2)18-10-4-6-16(20)19(15-7-8-15)12-14-5-3-9-17-11-14/h3,5,9,11,13,15,18H,4,6-8,10,12H2,1-2H3. The Morgan fingerprint density at radius 2 is 2.30 bits per heavy atom. The van der Waals surface area contributed by atoms with Gasteiger partial charge in [0.1, 0.15) is 0 Å². The van der Waals surface area contributed by atoms with Crippen LogP contribution in [0.25, 0.3) is 0 Å². The Morgan fingerprint density at radius 3 is 2.90 bits per heavy atom. The van der Waals surface area contributed by atoms with E-state index in [1.807, 2.05) is 23.2 Å². The largest absolute Gasteiger partial charge is 0.335 e. The fraction of sp³-hybridized carbons (Fsp3) is 0.625. The highest BCUT2D eigenvalue weighted by Crippen LogP contribution is 2.29. The number of amides is 1. The van der Waals surface area contributed by atoms with Crippen molar-refractivity contribution in [2.75, 3.05) is 6.54 Å². The van der Waals surface area contributed by atoms with Crippen molar-refractivity contribution in [3.05, 3.63) is 30.1 Å². The van der Waals surface area contributed by atoms with Crippen molar-refractivity contribution < 1.29 is 4.79 Å². The minimum Gasteiger partial charge on any atom is -0.335 e. The van der Waals surface area contributed by atoms with Crippen LogP contribution < -0.4 is 5.32 Å². The molecule has 1 fully saturated rings. The van der Waals surface area contributed by atoms with E-state index >= 15 is 0 Å². The first-order valence-corrected chi connectivity index (χ1v) is 7.58. The number of aromatic nitrogens is 1. The molecule has 2 rings (SSSR count). The molecule has 110 valence electrons. The zero-order chi connectivity index (χ0) is 14.4. The lowest BCUT2D eigenvalue weighted by Gasteiger charge is -2.22. The van der Waals surface area contributed by atoms with E-state index in [1.54, 1.807) is 6.20 Å². The molecule has 1 heterocycles. The van der Waals surface area contributed by atoms with Gasteiger partial charge in [-0.05, 0) is 37.4 Å². The van der Waals surface area contributed by atoms with Crippen LogP contribution in [0.1, 0.15) is 45.1 Å². The molecule has 0 radical (unpaired) electrons. The average Bonchev–Trinajstić information content (AvgIpc) is 3.26. The van der Waals surface area contributed by atoms with E-state index in [2.05, 4.69) is 24.1 Å². The number of nitrogens with zero attached hydrogens (tertiary/aromatic N) is 2. The van der Waals surface area contributed by atoms with E-state index in [-0.39, 0.29) is 5.91 Å². The molecule has 0 atom stereocenters. The Hall–Kier alpha value is -1.42. The number of carbonyl (C=O) groups is 1. The van der Waals surface area contributed by atoms with Gasteiger partial charge in [0.2, 0.25) is 5.91 Å². The molecule has 1 aliphatic carbocycles. The molecule has 1 aromatic rings. The smallest absolute Gasteiger partial charge is 0.223 e. The number of rotatable bonds is 8. The molecule has 20 heavy (non-hydrogen) atoms. The van der Waals surface area contributed by atoms with Crippen LogP contribution in [0.15, 0.2) is 24.5 Å². The lowest BCUT2D eigenvalue weighted by Crippen LogP contribution is -2.33. The van der Waals surface area contributed by atoms with E-state index in [0.29, 0.717) is 25.0 Å². The van der Waals surface area contributed by atoms with Crippen LogP contribution in [0.3, 0.4) is 0 Å². The summed E-state index contributed by atoms with van der Waals surface area (Å²) in [6, 6.07) is 4.91. The predicted molar refractivity (Wildman–Crippen MR) is 80.2 cm³/mol. The first-order chi connectivity index (χ1) is 9.66. The molecule has 0 spiro atoms. The summed E-state index contributed by atoms with van der Waals surface area (Å²) < 4.78 is 0. The molecule has 1 aliphatic rings. The third-order valence-corrected chi connectivity index (χ3v) is 3.50. The van der Waals surface area contributed by atoms with Crippen LogP contribution in [0.2, 0.25) is 0 Å². The summed E-state index contributed by atoms with van der Waals surface area (Å²) in [6.07, 6.45) is 7.46. The molecular formula is C16H25N3O. The summed E-state index contributed by atoms with van der Waals surface area (Å²) in [7, 11) is 0. The molecule has 1 aromatic heterocycles. The van der Waals surface area contributed by atoms with Crippen LogP contribution in [-0.2, 0) is 11.3 Å². The first kappa shape index (κ1) is 15.0. The van der Waals surface area contributed by atoms with Gasteiger partial charge >= 0.3 is 0 Å². The van der Waals surface area contributed by atoms with E-state index < -0.39 is 0 Å². The number of carbonyl (C=O) groups excluding carboxylic acids is 1. The Labute approximate surface area is 121 Å². The van der Waals surface area contributed by atoms with E-state index in [0.717, 1.165) is 31.4 Å². The summed E-state index contributed by atoms with van der Waals surface area (Å²) in [5.41, 5.74) is 1.12. The normalized spacial score (nSPS) is 14.6. The number of pyridine rings is 1. The van der Waals surface area contributed by atoms with Crippen LogP contribution in [0.4, 0.5) is 0 Å². The monoisotopic (exact) mass is 275 g/mol. The minimum atomic E-state index is 0.280. The number of hydrogen-bond acceptors (Lipinski definition) is 3. The van der Waals surface area contributed by atoms with Crippen LogP contribution >= 0.6 is 0 Å². The zero-order valence-corrected chi connectivity index (χ0v) is 12.5. The van der Waals surface area contributed by atoms with Crippen molar-refractivity contribution in [2.45, 2.75) is 58.2 Å². The average molecular weight is 275 g/mol. The van der Waals surface area contributed by atoms with Gasteiger partial charge in [-0.25, -0.2) is 0 Å². The Morgan fingerprint density at radius 1 is 1.50 bits per heavy atom. The highest BCUT2D eigenvalue weighted by Gasteiger charge is 2.32. The molecule has 4 nitrogen and oxygen atoms in total. The molecular weight excluding hydrogens is 250 g/mol. The van der Waals surface area contributed by atoms with Gasteiger partial charge in [-0.2, -0.15) is 0 Å². The first-order valence-electron chi connectivity index (χ1n) is 7.58. The summed E-state index contributed by atoms with van der Waals surface area (Å²) in [5, 5.41) is 3.35. The van der Waals surface area contributed by atoms with Crippen molar-refractivity contribution in [2.24, 2.45) is 0 Å². The number of nitrogens with one attached hydrogen (secondary N) is 1. The van der Waals surface area contributed by atoms with Crippen molar-refractivity contribution in [1.82, 2.24) is 15.2 Å². The maximum atomic E-state index is 12.4. The lowest BCUT2D eigenvalue weighted by molar-refractivity contribution is -0.132. The zero-order valence-electron chi connectivity index (χ0n) is 12.5. The van der Waals surface area contributed by atoms with Gasteiger partial charge in [0.25, 0.3) is 0 Å². The maximum Gasteiger partial charge on any atom is 0.223 e. The van der Waals surface area contributed by atoms with Crippen LogP contribution in [-0.4, -0.2) is 34.4 Å². The predicted octanol–water partition coefficient (Wildman–Crippen LogP) is 2.35. The molecule has 1 amide bonds. The fourth-order valence-corrected chi connectivity index (χ4v) is 2.27. The quantitative estimate of drug-likeness (QED) is 0.741. The van der Waals surface area contributed by atoms with Gasteiger partial charge in [0.05, 0.1) is 0 Å². The summed E-state index contributed by atoms with van der Waals surface area (Å²) >= 11 is 0. The second kappa shape index (κ2) is 7.39. The van der Waals surface area contributed by atoms with Gasteiger partial charge in [0.15, 0.2) is 0 Å². The second-order valence-corrected chi connectivity index (χ2v) is 5.83. The molecule has 0 bridgehead atoms. The lowest BCUT2D eigenvalue weighted by atomic mass is 10.2. The molecule has 0 saturated heterocycles. The molecule has 0 unspecified atom stereocenters.